The predicted octanol–water partition coefficient (Wildman–Crippen LogP) is 4.01. The molecule has 2 heterocycles. The van der Waals surface area contributed by atoms with Crippen LogP contribution in [0.1, 0.15) is 5.69 Å². The lowest BCUT2D eigenvalue weighted by Crippen LogP contribution is -2.17. The number of hydrogen-bond donors (Lipinski definition) is 0. The number of nitrogens with zero attached hydrogens (tertiary/aromatic N) is 3. The Morgan fingerprint density at radius 3 is 2.15 bits per heavy atom. The van der Waals surface area contributed by atoms with Crippen molar-refractivity contribution in [1.82, 2.24) is 14.3 Å². The van der Waals surface area contributed by atoms with Crippen molar-refractivity contribution in [2.45, 2.75) is 6.92 Å². The van der Waals surface area contributed by atoms with Crippen molar-refractivity contribution in [3.8, 4) is 28.5 Å². The maximum atomic E-state index is 13.0. The Morgan fingerprint density at radius 1 is 0.889 bits per heavy atom. The standard InChI is InChI=1S/C22H19N3O2/c1-16-22(19-13-14-23-25(19)18-11-7-4-8-12-18)20(26)15-21(27-2)24(16)17-9-5-3-6-10-17/h3-15H,1-2H3. The molecular weight excluding hydrogens is 338 g/mol. The molecule has 5 heteroatoms. The fourth-order valence-electron chi connectivity index (χ4n) is 3.33. The molecule has 0 saturated carbocycles. The monoisotopic (exact) mass is 357 g/mol. The zero-order valence-corrected chi connectivity index (χ0v) is 15.2. The van der Waals surface area contributed by atoms with E-state index in [0.717, 1.165) is 22.8 Å². The van der Waals surface area contributed by atoms with Gasteiger partial charge in [0.25, 0.3) is 0 Å². The highest BCUT2D eigenvalue weighted by Crippen LogP contribution is 2.28. The van der Waals surface area contributed by atoms with Crippen LogP contribution in [0.25, 0.3) is 22.6 Å². The van der Waals surface area contributed by atoms with Gasteiger partial charge in [-0.1, -0.05) is 36.4 Å². The molecule has 0 aliphatic carbocycles. The van der Waals surface area contributed by atoms with Gasteiger partial charge < -0.3 is 4.74 Å². The van der Waals surface area contributed by atoms with Crippen molar-refractivity contribution in [2.24, 2.45) is 0 Å². The topological polar surface area (TPSA) is 49.0 Å². The molecule has 0 unspecified atom stereocenters. The Hall–Kier alpha value is -3.60. The van der Waals surface area contributed by atoms with Gasteiger partial charge in [-0.25, -0.2) is 4.68 Å². The van der Waals surface area contributed by atoms with Gasteiger partial charge in [0.2, 0.25) is 5.88 Å². The SMILES string of the molecule is COc1cc(=O)c(-c2ccnn2-c2ccccc2)c(C)n1-c1ccccc1. The lowest BCUT2D eigenvalue weighted by atomic mass is 10.1. The van der Waals surface area contributed by atoms with Gasteiger partial charge in [-0.2, -0.15) is 5.10 Å². The van der Waals surface area contributed by atoms with E-state index in [1.54, 1.807) is 18.0 Å². The van der Waals surface area contributed by atoms with Crippen LogP contribution < -0.4 is 10.2 Å². The van der Waals surface area contributed by atoms with Crippen LogP contribution in [0.15, 0.2) is 83.8 Å². The van der Waals surface area contributed by atoms with Crippen molar-refractivity contribution in [3.63, 3.8) is 0 Å². The number of rotatable bonds is 4. The molecule has 0 bridgehead atoms. The minimum absolute atomic E-state index is 0.103. The quantitative estimate of drug-likeness (QED) is 0.554. The van der Waals surface area contributed by atoms with Gasteiger partial charge in [0.15, 0.2) is 5.43 Å². The normalized spacial score (nSPS) is 10.7. The summed E-state index contributed by atoms with van der Waals surface area (Å²) in [6.07, 6.45) is 1.71. The molecule has 0 aliphatic heterocycles. The summed E-state index contributed by atoms with van der Waals surface area (Å²) < 4.78 is 9.22. The molecule has 0 N–H and O–H groups in total. The number of para-hydroxylation sites is 2. The van der Waals surface area contributed by atoms with Gasteiger partial charge in [-0.3, -0.25) is 9.36 Å². The predicted molar refractivity (Wildman–Crippen MR) is 106 cm³/mol. The second-order valence-corrected chi connectivity index (χ2v) is 6.15. The molecule has 0 aliphatic rings. The Balaban J connectivity index is 1.99. The summed E-state index contributed by atoms with van der Waals surface area (Å²) >= 11 is 0. The number of methoxy groups -OCH3 is 1. The first-order valence-electron chi connectivity index (χ1n) is 8.66. The Labute approximate surface area is 157 Å². The van der Waals surface area contributed by atoms with Crippen LogP contribution in [0.4, 0.5) is 0 Å². The van der Waals surface area contributed by atoms with Crippen molar-refractivity contribution >= 4 is 0 Å². The average molecular weight is 357 g/mol. The fraction of sp³-hybridized carbons (Fsp3) is 0.0909. The molecule has 0 amide bonds. The summed E-state index contributed by atoms with van der Waals surface area (Å²) in [6.45, 7) is 1.93. The molecular formula is C22H19N3O2. The Morgan fingerprint density at radius 2 is 1.52 bits per heavy atom. The first kappa shape index (κ1) is 16.8. The Bertz CT molecular complexity index is 1130. The van der Waals surface area contributed by atoms with E-state index in [0.29, 0.717) is 11.4 Å². The molecule has 0 spiro atoms. The summed E-state index contributed by atoms with van der Waals surface area (Å²) in [4.78, 5) is 13.0. The molecule has 2 aromatic carbocycles. The molecule has 5 nitrogen and oxygen atoms in total. The second kappa shape index (κ2) is 6.96. The number of benzene rings is 2. The molecule has 0 fully saturated rings. The van der Waals surface area contributed by atoms with Crippen LogP contribution >= 0.6 is 0 Å². The van der Waals surface area contributed by atoms with Crippen LogP contribution in [0, 0.1) is 6.92 Å². The smallest absolute Gasteiger partial charge is 0.201 e. The highest BCUT2D eigenvalue weighted by molar-refractivity contribution is 5.66. The maximum absolute atomic E-state index is 13.0. The molecule has 0 atom stereocenters. The second-order valence-electron chi connectivity index (χ2n) is 6.15. The number of aromatic nitrogens is 3. The zero-order chi connectivity index (χ0) is 18.8. The summed E-state index contributed by atoms with van der Waals surface area (Å²) in [6, 6.07) is 23.0. The maximum Gasteiger partial charge on any atom is 0.201 e. The Kier molecular flexibility index (Phi) is 4.34. The van der Waals surface area contributed by atoms with Crippen LogP contribution in [0.5, 0.6) is 5.88 Å². The van der Waals surface area contributed by atoms with E-state index in [-0.39, 0.29) is 5.43 Å². The van der Waals surface area contributed by atoms with Crippen LogP contribution in [0.2, 0.25) is 0 Å². The van der Waals surface area contributed by atoms with Crippen molar-refractivity contribution in [2.75, 3.05) is 7.11 Å². The number of pyridine rings is 1. The molecule has 0 radical (unpaired) electrons. The molecule has 4 aromatic rings. The first-order chi connectivity index (χ1) is 13.2. The highest BCUT2D eigenvalue weighted by Gasteiger charge is 2.19. The number of hydrogen-bond acceptors (Lipinski definition) is 3. The molecule has 134 valence electrons. The van der Waals surface area contributed by atoms with Gasteiger partial charge in [0.1, 0.15) is 0 Å². The van der Waals surface area contributed by atoms with Gasteiger partial charge >= 0.3 is 0 Å². The first-order valence-corrected chi connectivity index (χ1v) is 8.66. The van der Waals surface area contributed by atoms with E-state index >= 15 is 0 Å². The zero-order valence-electron chi connectivity index (χ0n) is 15.2. The fourth-order valence-corrected chi connectivity index (χ4v) is 3.33. The van der Waals surface area contributed by atoms with Gasteiger partial charge in [-0.05, 0) is 37.3 Å². The lowest BCUT2D eigenvalue weighted by molar-refractivity contribution is 0.384. The summed E-state index contributed by atoms with van der Waals surface area (Å²) in [5, 5.41) is 4.43. The minimum atomic E-state index is -0.103. The van der Waals surface area contributed by atoms with Crippen molar-refractivity contribution in [1.29, 1.82) is 0 Å². The van der Waals surface area contributed by atoms with Crippen molar-refractivity contribution in [3.05, 3.63) is 94.9 Å². The van der Waals surface area contributed by atoms with Gasteiger partial charge in [0, 0.05) is 17.4 Å². The van der Waals surface area contributed by atoms with Gasteiger partial charge in [-0.15, -0.1) is 0 Å². The van der Waals surface area contributed by atoms with Crippen molar-refractivity contribution < 1.29 is 4.74 Å². The van der Waals surface area contributed by atoms with Gasteiger partial charge in [0.05, 0.1) is 30.3 Å². The van der Waals surface area contributed by atoms with E-state index in [2.05, 4.69) is 5.10 Å². The lowest BCUT2D eigenvalue weighted by Gasteiger charge is -2.19. The third-order valence-corrected chi connectivity index (χ3v) is 4.54. The van der Waals surface area contributed by atoms with E-state index in [1.807, 2.05) is 78.2 Å². The molecule has 27 heavy (non-hydrogen) atoms. The van der Waals surface area contributed by atoms with Crippen LogP contribution in [-0.2, 0) is 0 Å². The molecule has 2 aromatic heterocycles. The summed E-state index contributed by atoms with van der Waals surface area (Å²) in [5.41, 5.74) is 3.87. The van der Waals surface area contributed by atoms with Crippen LogP contribution in [0.3, 0.4) is 0 Å². The molecule has 4 rings (SSSR count). The summed E-state index contributed by atoms with van der Waals surface area (Å²) in [7, 11) is 1.57. The molecule has 0 saturated heterocycles. The number of ether oxygens (including phenoxy) is 1. The average Bonchev–Trinajstić information content (AvgIpc) is 3.18. The summed E-state index contributed by atoms with van der Waals surface area (Å²) in [5.74, 6) is 0.498. The van der Waals surface area contributed by atoms with E-state index < -0.39 is 0 Å². The van der Waals surface area contributed by atoms with E-state index in [1.165, 1.54) is 6.07 Å². The largest absolute Gasteiger partial charge is 0.482 e. The van der Waals surface area contributed by atoms with Crippen LogP contribution in [-0.4, -0.2) is 21.5 Å². The third kappa shape index (κ3) is 2.93. The highest BCUT2D eigenvalue weighted by atomic mass is 16.5. The van der Waals surface area contributed by atoms with E-state index in [4.69, 9.17) is 4.74 Å². The minimum Gasteiger partial charge on any atom is -0.482 e. The van der Waals surface area contributed by atoms with E-state index in [9.17, 15) is 4.79 Å². The third-order valence-electron chi connectivity index (χ3n) is 4.54.